The van der Waals surface area contributed by atoms with Gasteiger partial charge in [0.25, 0.3) is 0 Å². The lowest BCUT2D eigenvalue weighted by atomic mass is 10.2. The topological polar surface area (TPSA) is 106 Å². The lowest BCUT2D eigenvalue weighted by Gasteiger charge is -2.19. The van der Waals surface area contributed by atoms with Gasteiger partial charge in [0, 0.05) is 18.7 Å². The number of halogens is 1. The van der Waals surface area contributed by atoms with E-state index in [-0.39, 0.29) is 23.5 Å². The van der Waals surface area contributed by atoms with Crippen molar-refractivity contribution in [2.75, 3.05) is 13.1 Å². The molecule has 0 aliphatic carbocycles. The van der Waals surface area contributed by atoms with Gasteiger partial charge in [0.15, 0.2) is 0 Å². The molecule has 19 heavy (non-hydrogen) atoms. The first kappa shape index (κ1) is 15.5. The van der Waals surface area contributed by atoms with E-state index in [1.165, 1.54) is 0 Å². The molecule has 1 amide bonds. The van der Waals surface area contributed by atoms with Crippen LogP contribution in [0.4, 0.5) is 4.39 Å². The highest BCUT2D eigenvalue weighted by Crippen LogP contribution is 2.18. The third-order valence-corrected chi connectivity index (χ3v) is 4.48. The van der Waals surface area contributed by atoms with Crippen LogP contribution in [0.15, 0.2) is 23.1 Å². The lowest BCUT2D eigenvalue weighted by Crippen LogP contribution is -2.38. The largest absolute Gasteiger partial charge is 0.369 e. The SMILES string of the molecule is CCN(CC(N)=O)S(=O)(=O)c1ccc(F)c(CN)c1. The highest BCUT2D eigenvalue weighted by atomic mass is 32.2. The minimum Gasteiger partial charge on any atom is -0.369 e. The molecule has 0 heterocycles. The van der Waals surface area contributed by atoms with E-state index < -0.39 is 28.3 Å². The van der Waals surface area contributed by atoms with Gasteiger partial charge < -0.3 is 11.5 Å². The number of sulfonamides is 1. The Kier molecular flexibility index (Phi) is 4.98. The zero-order chi connectivity index (χ0) is 14.6. The molecule has 0 atom stereocenters. The number of hydrogen-bond acceptors (Lipinski definition) is 4. The summed E-state index contributed by atoms with van der Waals surface area (Å²) in [5.74, 6) is -1.33. The highest BCUT2D eigenvalue weighted by molar-refractivity contribution is 7.89. The molecule has 0 unspecified atom stereocenters. The Bertz CT molecular complexity index is 575. The summed E-state index contributed by atoms with van der Waals surface area (Å²) in [5.41, 5.74) is 10.4. The minimum absolute atomic E-state index is 0.0839. The molecule has 6 nitrogen and oxygen atoms in total. The maximum absolute atomic E-state index is 13.3. The molecule has 0 aliphatic rings. The molecule has 0 bridgehead atoms. The lowest BCUT2D eigenvalue weighted by molar-refractivity contribution is -0.118. The first-order valence-corrected chi connectivity index (χ1v) is 7.03. The monoisotopic (exact) mass is 289 g/mol. The van der Waals surface area contributed by atoms with Crippen LogP contribution < -0.4 is 11.5 Å². The van der Waals surface area contributed by atoms with E-state index in [0.29, 0.717) is 0 Å². The van der Waals surface area contributed by atoms with Crippen molar-refractivity contribution >= 4 is 15.9 Å². The predicted molar refractivity (Wildman–Crippen MR) is 67.9 cm³/mol. The fraction of sp³-hybridized carbons (Fsp3) is 0.364. The standard InChI is InChI=1S/C11H16FN3O3S/c1-2-15(7-11(14)16)19(17,18)9-3-4-10(12)8(5-9)6-13/h3-5H,2,6-7,13H2,1H3,(H2,14,16). The summed E-state index contributed by atoms with van der Waals surface area (Å²) in [6.45, 7) is 1.12. The summed E-state index contributed by atoms with van der Waals surface area (Å²) in [4.78, 5) is 10.7. The third kappa shape index (κ3) is 3.49. The highest BCUT2D eigenvalue weighted by Gasteiger charge is 2.25. The van der Waals surface area contributed by atoms with Crippen LogP contribution in [-0.4, -0.2) is 31.7 Å². The third-order valence-electron chi connectivity index (χ3n) is 2.56. The van der Waals surface area contributed by atoms with E-state index >= 15 is 0 Å². The Morgan fingerprint density at radius 2 is 2.05 bits per heavy atom. The van der Waals surface area contributed by atoms with Gasteiger partial charge >= 0.3 is 0 Å². The van der Waals surface area contributed by atoms with Gasteiger partial charge in [0.2, 0.25) is 15.9 Å². The van der Waals surface area contributed by atoms with Crippen molar-refractivity contribution in [2.24, 2.45) is 11.5 Å². The van der Waals surface area contributed by atoms with E-state index in [1.807, 2.05) is 0 Å². The molecule has 0 aromatic heterocycles. The van der Waals surface area contributed by atoms with Gasteiger partial charge in [-0.2, -0.15) is 4.31 Å². The summed E-state index contributed by atoms with van der Waals surface area (Å²) in [6, 6.07) is 3.33. The quantitative estimate of drug-likeness (QED) is 0.755. The molecule has 1 rings (SSSR count). The molecule has 1 aromatic rings. The molecular weight excluding hydrogens is 273 g/mol. The second kappa shape index (κ2) is 6.09. The number of nitrogens with zero attached hydrogens (tertiary/aromatic N) is 1. The summed E-state index contributed by atoms with van der Waals surface area (Å²) < 4.78 is 38.7. The predicted octanol–water partition coefficient (Wildman–Crippen LogP) is -0.220. The van der Waals surface area contributed by atoms with E-state index in [9.17, 15) is 17.6 Å². The average Bonchev–Trinajstić information content (AvgIpc) is 2.35. The zero-order valence-electron chi connectivity index (χ0n) is 10.5. The Hall–Kier alpha value is -1.51. The Labute approximate surface area is 111 Å². The summed E-state index contributed by atoms with van der Waals surface area (Å²) in [6.07, 6.45) is 0. The van der Waals surface area contributed by atoms with Gasteiger partial charge in [-0.3, -0.25) is 4.79 Å². The van der Waals surface area contributed by atoms with Crippen LogP contribution >= 0.6 is 0 Å². The van der Waals surface area contributed by atoms with Gasteiger partial charge in [-0.25, -0.2) is 12.8 Å². The number of nitrogens with two attached hydrogens (primary N) is 2. The maximum atomic E-state index is 13.3. The first-order valence-electron chi connectivity index (χ1n) is 5.59. The van der Waals surface area contributed by atoms with Crippen molar-refractivity contribution in [1.29, 1.82) is 0 Å². The average molecular weight is 289 g/mol. The number of benzene rings is 1. The van der Waals surface area contributed by atoms with Gasteiger partial charge in [-0.05, 0) is 18.2 Å². The molecule has 1 aromatic carbocycles. The number of amides is 1. The normalized spacial score (nSPS) is 11.8. The molecule has 0 saturated carbocycles. The molecule has 106 valence electrons. The summed E-state index contributed by atoms with van der Waals surface area (Å²) in [5, 5.41) is 0. The fourth-order valence-electron chi connectivity index (χ4n) is 1.56. The number of carbonyl (C=O) groups is 1. The number of carbonyl (C=O) groups excluding carboxylic acids is 1. The number of rotatable bonds is 6. The van der Waals surface area contributed by atoms with Crippen molar-refractivity contribution in [2.45, 2.75) is 18.4 Å². The second-order valence-corrected chi connectivity index (χ2v) is 5.79. The summed E-state index contributed by atoms with van der Waals surface area (Å²) in [7, 11) is -3.89. The van der Waals surface area contributed by atoms with Gasteiger partial charge in [-0.1, -0.05) is 6.92 Å². The smallest absolute Gasteiger partial charge is 0.243 e. The number of primary amides is 1. The molecule has 0 saturated heterocycles. The second-order valence-electron chi connectivity index (χ2n) is 3.85. The summed E-state index contributed by atoms with van der Waals surface area (Å²) >= 11 is 0. The Morgan fingerprint density at radius 3 is 2.53 bits per heavy atom. The Morgan fingerprint density at radius 1 is 1.42 bits per heavy atom. The minimum atomic E-state index is -3.89. The molecule has 0 radical (unpaired) electrons. The molecular formula is C11H16FN3O3S. The first-order chi connectivity index (χ1) is 8.82. The van der Waals surface area contributed by atoms with Crippen molar-refractivity contribution in [3.8, 4) is 0 Å². The molecule has 0 aliphatic heterocycles. The van der Waals surface area contributed by atoms with Gasteiger partial charge in [-0.15, -0.1) is 0 Å². The van der Waals surface area contributed by atoms with Crippen LogP contribution in [-0.2, 0) is 21.4 Å². The van der Waals surface area contributed by atoms with E-state index in [4.69, 9.17) is 11.5 Å². The van der Waals surface area contributed by atoms with Crippen molar-refractivity contribution < 1.29 is 17.6 Å². The molecule has 0 fully saturated rings. The maximum Gasteiger partial charge on any atom is 0.243 e. The number of hydrogen-bond donors (Lipinski definition) is 2. The zero-order valence-corrected chi connectivity index (χ0v) is 11.3. The van der Waals surface area contributed by atoms with Crippen molar-refractivity contribution in [3.05, 3.63) is 29.6 Å². The molecule has 0 spiro atoms. The van der Waals surface area contributed by atoms with Gasteiger partial charge in [0.05, 0.1) is 11.4 Å². The molecule has 8 heteroatoms. The van der Waals surface area contributed by atoms with Crippen LogP contribution in [0.5, 0.6) is 0 Å². The van der Waals surface area contributed by atoms with E-state index in [1.54, 1.807) is 6.92 Å². The van der Waals surface area contributed by atoms with Crippen LogP contribution in [0.2, 0.25) is 0 Å². The van der Waals surface area contributed by atoms with Crippen LogP contribution in [0, 0.1) is 5.82 Å². The van der Waals surface area contributed by atoms with E-state index in [2.05, 4.69) is 0 Å². The van der Waals surface area contributed by atoms with Gasteiger partial charge in [0.1, 0.15) is 5.82 Å². The van der Waals surface area contributed by atoms with Crippen molar-refractivity contribution in [1.82, 2.24) is 4.31 Å². The number of likely N-dealkylation sites (N-methyl/N-ethyl adjacent to an activating group) is 1. The fourth-order valence-corrected chi connectivity index (χ4v) is 3.02. The molecule has 4 N–H and O–H groups in total. The van der Waals surface area contributed by atoms with E-state index in [0.717, 1.165) is 22.5 Å². The van der Waals surface area contributed by atoms with Crippen molar-refractivity contribution in [3.63, 3.8) is 0 Å². The van der Waals surface area contributed by atoms with Crippen LogP contribution in [0.25, 0.3) is 0 Å². The van der Waals surface area contributed by atoms with Crippen LogP contribution in [0.3, 0.4) is 0 Å². The van der Waals surface area contributed by atoms with Crippen LogP contribution in [0.1, 0.15) is 12.5 Å². The Balaban J connectivity index is 3.21.